The monoisotopic (exact) mass is 224 g/mol. The zero-order chi connectivity index (χ0) is 8.58. The SMILES string of the molecule is CC(Br)C(F)(F)C(O)(F)F. The smallest absolute Gasteiger partial charge is 0.332 e. The van der Waals surface area contributed by atoms with Gasteiger partial charge in [0, 0.05) is 0 Å². The van der Waals surface area contributed by atoms with Gasteiger partial charge in [-0.2, -0.15) is 17.6 Å². The molecule has 0 heterocycles. The standard InChI is InChI=1S/C4H5BrF4O/c1-2(5)3(6,7)4(8,9)10/h2,10H,1H3. The van der Waals surface area contributed by atoms with E-state index in [0.717, 1.165) is 6.92 Å². The minimum atomic E-state index is -4.96. The molecular formula is C4H5BrF4O. The maximum absolute atomic E-state index is 12.0. The maximum atomic E-state index is 12.0. The second-order valence-electron chi connectivity index (χ2n) is 1.78. The summed E-state index contributed by atoms with van der Waals surface area (Å²) in [4.78, 5) is -1.76. The molecule has 0 amide bonds. The van der Waals surface area contributed by atoms with E-state index in [1.807, 2.05) is 0 Å². The van der Waals surface area contributed by atoms with Gasteiger partial charge in [0.2, 0.25) is 0 Å². The summed E-state index contributed by atoms with van der Waals surface area (Å²) >= 11 is 2.24. The second kappa shape index (κ2) is 2.65. The van der Waals surface area contributed by atoms with E-state index in [4.69, 9.17) is 5.11 Å². The van der Waals surface area contributed by atoms with Crippen LogP contribution in [0, 0.1) is 0 Å². The van der Waals surface area contributed by atoms with Gasteiger partial charge in [-0.25, -0.2) is 0 Å². The number of halogens is 5. The largest absolute Gasteiger partial charge is 0.418 e. The van der Waals surface area contributed by atoms with Crippen LogP contribution < -0.4 is 0 Å². The molecule has 1 nitrogen and oxygen atoms in total. The summed E-state index contributed by atoms with van der Waals surface area (Å²) in [7, 11) is 0. The van der Waals surface area contributed by atoms with Crippen molar-refractivity contribution in [3.05, 3.63) is 0 Å². The quantitative estimate of drug-likeness (QED) is 0.562. The van der Waals surface area contributed by atoms with Gasteiger partial charge < -0.3 is 5.11 Å². The van der Waals surface area contributed by atoms with Crippen molar-refractivity contribution in [1.29, 1.82) is 0 Å². The van der Waals surface area contributed by atoms with Gasteiger partial charge in [0.25, 0.3) is 0 Å². The molecular weight excluding hydrogens is 220 g/mol. The molecule has 10 heavy (non-hydrogen) atoms. The topological polar surface area (TPSA) is 20.2 Å². The normalized spacial score (nSPS) is 17.1. The van der Waals surface area contributed by atoms with E-state index in [-0.39, 0.29) is 0 Å². The Morgan fingerprint density at radius 3 is 1.60 bits per heavy atom. The predicted molar refractivity (Wildman–Crippen MR) is 30.5 cm³/mol. The molecule has 62 valence electrons. The van der Waals surface area contributed by atoms with Crippen LogP contribution in [0.5, 0.6) is 0 Å². The van der Waals surface area contributed by atoms with Crippen LogP contribution in [-0.4, -0.2) is 22.0 Å². The van der Waals surface area contributed by atoms with Gasteiger partial charge in [0.1, 0.15) is 0 Å². The second-order valence-corrected chi connectivity index (χ2v) is 3.15. The summed E-state index contributed by atoms with van der Waals surface area (Å²) < 4.78 is 47.1. The molecule has 0 radical (unpaired) electrons. The highest BCUT2D eigenvalue weighted by Crippen LogP contribution is 2.37. The van der Waals surface area contributed by atoms with E-state index in [2.05, 4.69) is 15.9 Å². The number of hydrogen-bond donors (Lipinski definition) is 1. The third kappa shape index (κ3) is 1.82. The molecule has 6 heteroatoms. The first kappa shape index (κ1) is 10.2. The average molecular weight is 225 g/mol. The lowest BCUT2D eigenvalue weighted by molar-refractivity contribution is -0.322. The predicted octanol–water partition coefficient (Wildman–Crippen LogP) is 1.99. The van der Waals surface area contributed by atoms with E-state index in [1.165, 1.54) is 0 Å². The highest BCUT2D eigenvalue weighted by molar-refractivity contribution is 9.09. The zero-order valence-electron chi connectivity index (χ0n) is 4.91. The molecule has 0 aromatic rings. The number of aliphatic hydroxyl groups is 1. The van der Waals surface area contributed by atoms with E-state index in [1.54, 1.807) is 0 Å². The molecule has 0 rings (SSSR count). The molecule has 0 fully saturated rings. The molecule has 0 aliphatic rings. The highest BCUT2D eigenvalue weighted by Gasteiger charge is 2.58. The molecule has 0 aliphatic heterocycles. The first-order valence-corrected chi connectivity index (χ1v) is 3.23. The Labute approximate surface area is 63.2 Å². The van der Waals surface area contributed by atoms with Crippen LogP contribution in [0.25, 0.3) is 0 Å². The molecule has 0 aromatic carbocycles. The first-order chi connectivity index (χ1) is 4.19. The average Bonchev–Trinajstić information content (AvgIpc) is 1.62. The molecule has 1 unspecified atom stereocenters. The third-order valence-electron chi connectivity index (χ3n) is 0.901. The Bertz CT molecular complexity index is 119. The fourth-order valence-corrected chi connectivity index (χ4v) is 0.515. The number of alkyl halides is 5. The Hall–Kier alpha value is 0.160. The maximum Gasteiger partial charge on any atom is 0.418 e. The van der Waals surface area contributed by atoms with Crippen molar-refractivity contribution >= 4 is 15.9 Å². The van der Waals surface area contributed by atoms with Gasteiger partial charge >= 0.3 is 12.0 Å². The summed E-state index contributed by atoms with van der Waals surface area (Å²) in [5, 5.41) is 7.60. The van der Waals surface area contributed by atoms with E-state index < -0.39 is 16.9 Å². The van der Waals surface area contributed by atoms with Crippen LogP contribution in [-0.2, 0) is 0 Å². The van der Waals surface area contributed by atoms with Crippen LogP contribution >= 0.6 is 15.9 Å². The van der Waals surface area contributed by atoms with Crippen molar-refractivity contribution in [3.63, 3.8) is 0 Å². The van der Waals surface area contributed by atoms with Crippen LogP contribution in [0.1, 0.15) is 6.92 Å². The molecule has 0 bridgehead atoms. The molecule has 0 spiro atoms. The van der Waals surface area contributed by atoms with Crippen molar-refractivity contribution in [3.8, 4) is 0 Å². The van der Waals surface area contributed by atoms with Crippen molar-refractivity contribution in [1.82, 2.24) is 0 Å². The highest BCUT2D eigenvalue weighted by atomic mass is 79.9. The third-order valence-corrected chi connectivity index (χ3v) is 1.48. The van der Waals surface area contributed by atoms with Gasteiger partial charge in [-0.15, -0.1) is 0 Å². The lowest BCUT2D eigenvalue weighted by Gasteiger charge is -2.23. The zero-order valence-corrected chi connectivity index (χ0v) is 6.50. The first-order valence-electron chi connectivity index (χ1n) is 2.31. The summed E-state index contributed by atoms with van der Waals surface area (Å²) in [6, 6.07) is 0. The minimum absolute atomic E-state index is 0.824. The fourth-order valence-electron chi connectivity index (χ4n) is 0.239. The van der Waals surface area contributed by atoms with Gasteiger partial charge in [-0.1, -0.05) is 15.9 Å². The van der Waals surface area contributed by atoms with Crippen LogP contribution in [0.3, 0.4) is 0 Å². The van der Waals surface area contributed by atoms with Gasteiger partial charge in [0.05, 0.1) is 4.83 Å². The minimum Gasteiger partial charge on any atom is -0.332 e. The molecule has 1 atom stereocenters. The van der Waals surface area contributed by atoms with Crippen molar-refractivity contribution in [2.45, 2.75) is 23.8 Å². The lowest BCUT2D eigenvalue weighted by Crippen LogP contribution is -2.45. The summed E-state index contributed by atoms with van der Waals surface area (Å²) in [6.45, 7) is 0.824. The van der Waals surface area contributed by atoms with E-state index >= 15 is 0 Å². The Morgan fingerprint density at radius 1 is 1.30 bits per heavy atom. The van der Waals surface area contributed by atoms with Crippen LogP contribution in [0.2, 0.25) is 0 Å². The molecule has 0 aromatic heterocycles. The van der Waals surface area contributed by atoms with Crippen molar-refractivity contribution in [2.24, 2.45) is 0 Å². The Morgan fingerprint density at radius 2 is 1.60 bits per heavy atom. The van der Waals surface area contributed by atoms with Gasteiger partial charge in [-0.05, 0) is 6.92 Å². The Kier molecular flexibility index (Phi) is 2.70. The Balaban J connectivity index is 4.40. The van der Waals surface area contributed by atoms with Crippen LogP contribution in [0.15, 0.2) is 0 Å². The number of hydrogen-bond acceptors (Lipinski definition) is 1. The van der Waals surface area contributed by atoms with Crippen molar-refractivity contribution in [2.75, 3.05) is 0 Å². The summed E-state index contributed by atoms with van der Waals surface area (Å²) in [5.41, 5.74) is 0. The molecule has 1 N–H and O–H groups in total. The van der Waals surface area contributed by atoms with Crippen molar-refractivity contribution < 1.29 is 22.7 Å². The van der Waals surface area contributed by atoms with E-state index in [9.17, 15) is 17.6 Å². The summed E-state index contributed by atoms with van der Waals surface area (Å²) in [5.74, 6) is -4.42. The fraction of sp³-hybridized carbons (Fsp3) is 1.00. The van der Waals surface area contributed by atoms with Gasteiger partial charge in [-0.3, -0.25) is 0 Å². The van der Waals surface area contributed by atoms with Crippen LogP contribution in [0.4, 0.5) is 17.6 Å². The van der Waals surface area contributed by atoms with E-state index in [0.29, 0.717) is 0 Å². The molecule has 0 saturated carbocycles. The summed E-state index contributed by atoms with van der Waals surface area (Å²) in [6.07, 6.45) is -4.96. The van der Waals surface area contributed by atoms with Gasteiger partial charge in [0.15, 0.2) is 0 Å². The number of rotatable bonds is 2. The molecule has 0 saturated heterocycles. The lowest BCUT2D eigenvalue weighted by atomic mass is 10.2. The molecule has 0 aliphatic carbocycles.